The molecule has 3 aromatic rings. The zero-order valence-electron chi connectivity index (χ0n) is 14.9. The molecule has 0 spiro atoms. The Morgan fingerprint density at radius 3 is 2.85 bits per heavy atom. The van der Waals surface area contributed by atoms with Crippen LogP contribution >= 0.6 is 23.8 Å². The summed E-state index contributed by atoms with van der Waals surface area (Å²) < 4.78 is 12.3. The van der Waals surface area contributed by atoms with Gasteiger partial charge in [-0.1, -0.05) is 29.8 Å². The van der Waals surface area contributed by atoms with Crippen LogP contribution in [0.1, 0.15) is 17.0 Å². The van der Waals surface area contributed by atoms with Crippen molar-refractivity contribution < 1.29 is 13.9 Å². The Morgan fingerprint density at radius 1 is 1.30 bits per heavy atom. The van der Waals surface area contributed by atoms with E-state index >= 15 is 0 Å². The molecule has 0 fully saturated rings. The van der Waals surface area contributed by atoms with Crippen molar-refractivity contribution in [1.82, 2.24) is 9.78 Å². The summed E-state index contributed by atoms with van der Waals surface area (Å²) in [5.41, 5.74) is 2.63. The van der Waals surface area contributed by atoms with Gasteiger partial charge in [-0.05, 0) is 61.5 Å². The number of ether oxygens (including phenoxy) is 1. The third-order valence-electron chi connectivity index (χ3n) is 3.75. The molecule has 0 radical (unpaired) electrons. The SMILES string of the molecule is Cc1cccc(OCc2nn(CC(=O)Nc3ccc(C)c(Cl)c3)c(=S)o2)c1. The van der Waals surface area contributed by atoms with Crippen molar-refractivity contribution in [3.8, 4) is 5.75 Å². The Bertz CT molecular complexity index is 1030. The number of aryl methyl sites for hydroxylation is 2. The Labute approximate surface area is 166 Å². The number of carbonyl (C=O) groups is 1. The molecule has 8 heteroatoms. The van der Waals surface area contributed by atoms with E-state index in [1.54, 1.807) is 12.1 Å². The zero-order chi connectivity index (χ0) is 19.4. The van der Waals surface area contributed by atoms with E-state index < -0.39 is 0 Å². The van der Waals surface area contributed by atoms with Gasteiger partial charge in [0.15, 0.2) is 6.61 Å². The molecule has 1 heterocycles. The van der Waals surface area contributed by atoms with Crippen molar-refractivity contribution in [2.45, 2.75) is 27.0 Å². The predicted octanol–water partition coefficient (Wildman–Crippen LogP) is 4.69. The number of nitrogens with zero attached hydrogens (tertiary/aromatic N) is 2. The Morgan fingerprint density at radius 2 is 2.11 bits per heavy atom. The summed E-state index contributed by atoms with van der Waals surface area (Å²) in [6, 6.07) is 12.9. The maximum absolute atomic E-state index is 12.2. The highest BCUT2D eigenvalue weighted by Crippen LogP contribution is 2.20. The number of benzene rings is 2. The Kier molecular flexibility index (Phi) is 5.93. The van der Waals surface area contributed by atoms with Gasteiger partial charge in [-0.25, -0.2) is 4.68 Å². The quantitative estimate of drug-likeness (QED) is 0.604. The van der Waals surface area contributed by atoms with Gasteiger partial charge in [0.2, 0.25) is 5.91 Å². The largest absolute Gasteiger partial charge is 0.484 e. The minimum absolute atomic E-state index is 0.0712. The average Bonchev–Trinajstić information content (AvgIpc) is 2.96. The van der Waals surface area contributed by atoms with E-state index in [2.05, 4.69) is 10.4 Å². The molecular formula is C19H18ClN3O3S. The highest BCUT2D eigenvalue weighted by molar-refractivity contribution is 7.71. The monoisotopic (exact) mass is 403 g/mol. The molecular weight excluding hydrogens is 386 g/mol. The molecule has 0 atom stereocenters. The molecule has 0 aliphatic heterocycles. The average molecular weight is 404 g/mol. The summed E-state index contributed by atoms with van der Waals surface area (Å²) in [7, 11) is 0. The third-order valence-corrected chi connectivity index (χ3v) is 4.45. The predicted molar refractivity (Wildman–Crippen MR) is 106 cm³/mol. The number of hydrogen-bond acceptors (Lipinski definition) is 5. The van der Waals surface area contributed by atoms with Crippen LogP contribution in [-0.4, -0.2) is 15.7 Å². The lowest BCUT2D eigenvalue weighted by Gasteiger charge is -2.06. The minimum Gasteiger partial charge on any atom is -0.484 e. The van der Waals surface area contributed by atoms with E-state index in [-0.39, 0.29) is 23.9 Å². The number of rotatable bonds is 6. The fourth-order valence-electron chi connectivity index (χ4n) is 2.36. The fraction of sp³-hybridized carbons (Fsp3) is 0.211. The molecule has 6 nitrogen and oxygen atoms in total. The van der Waals surface area contributed by atoms with E-state index in [4.69, 9.17) is 33.0 Å². The summed E-state index contributed by atoms with van der Waals surface area (Å²) in [5.74, 6) is 0.720. The van der Waals surface area contributed by atoms with Crippen molar-refractivity contribution >= 4 is 35.4 Å². The normalized spacial score (nSPS) is 10.6. The van der Waals surface area contributed by atoms with E-state index in [0.717, 1.165) is 11.1 Å². The molecule has 3 rings (SSSR count). The molecule has 1 N–H and O–H groups in total. The van der Waals surface area contributed by atoms with Crippen LogP contribution in [0, 0.1) is 18.7 Å². The molecule has 0 unspecified atom stereocenters. The number of hydrogen-bond donors (Lipinski definition) is 1. The van der Waals surface area contributed by atoms with Crippen molar-refractivity contribution in [3.63, 3.8) is 0 Å². The fourth-order valence-corrected chi connectivity index (χ4v) is 2.75. The number of nitrogens with one attached hydrogen (secondary N) is 1. The van der Waals surface area contributed by atoms with Crippen molar-refractivity contribution in [2.75, 3.05) is 5.32 Å². The number of aromatic nitrogens is 2. The lowest BCUT2D eigenvalue weighted by molar-refractivity contribution is -0.117. The summed E-state index contributed by atoms with van der Waals surface area (Å²) in [6.45, 7) is 3.92. The van der Waals surface area contributed by atoms with Gasteiger partial charge < -0.3 is 14.5 Å². The van der Waals surface area contributed by atoms with E-state index in [0.29, 0.717) is 22.4 Å². The molecule has 0 saturated heterocycles. The van der Waals surface area contributed by atoms with Crippen LogP contribution in [0.5, 0.6) is 5.75 Å². The van der Waals surface area contributed by atoms with Crippen molar-refractivity contribution in [1.29, 1.82) is 0 Å². The van der Waals surface area contributed by atoms with Crippen LogP contribution in [0.15, 0.2) is 46.9 Å². The Hall–Kier alpha value is -2.64. The number of halogens is 1. The molecule has 0 aliphatic rings. The maximum atomic E-state index is 12.2. The highest BCUT2D eigenvalue weighted by atomic mass is 35.5. The topological polar surface area (TPSA) is 69.3 Å². The van der Waals surface area contributed by atoms with Crippen LogP contribution in [-0.2, 0) is 17.9 Å². The number of carbonyl (C=O) groups excluding carboxylic acids is 1. The third kappa shape index (κ3) is 5.18. The molecule has 0 aliphatic carbocycles. The molecule has 0 bridgehead atoms. The van der Waals surface area contributed by atoms with Crippen LogP contribution in [0.4, 0.5) is 5.69 Å². The highest BCUT2D eigenvalue weighted by Gasteiger charge is 2.11. The lowest BCUT2D eigenvalue weighted by atomic mass is 10.2. The molecule has 2 aromatic carbocycles. The molecule has 0 saturated carbocycles. The summed E-state index contributed by atoms with van der Waals surface area (Å²) >= 11 is 11.2. The standard InChI is InChI=1S/C19H18ClN3O3S/c1-12-4-3-5-15(8-12)25-11-18-22-23(19(27)26-18)10-17(24)21-14-7-6-13(2)16(20)9-14/h3-9H,10-11H2,1-2H3,(H,21,24). The molecule has 27 heavy (non-hydrogen) atoms. The zero-order valence-corrected chi connectivity index (χ0v) is 16.4. The molecule has 1 aromatic heterocycles. The molecule has 1 amide bonds. The van der Waals surface area contributed by atoms with Gasteiger partial charge >= 0.3 is 0 Å². The van der Waals surface area contributed by atoms with Crippen LogP contribution in [0.2, 0.25) is 5.02 Å². The van der Waals surface area contributed by atoms with Crippen LogP contribution in [0.25, 0.3) is 0 Å². The smallest absolute Gasteiger partial charge is 0.287 e. The van der Waals surface area contributed by atoms with Crippen molar-refractivity contribution in [3.05, 3.63) is 69.3 Å². The summed E-state index contributed by atoms with van der Waals surface area (Å²) in [4.78, 5) is 12.3. The van der Waals surface area contributed by atoms with Gasteiger partial charge in [-0.15, -0.1) is 5.10 Å². The van der Waals surface area contributed by atoms with Crippen LogP contribution < -0.4 is 10.1 Å². The number of anilines is 1. The van der Waals surface area contributed by atoms with Gasteiger partial charge in [0, 0.05) is 10.7 Å². The van der Waals surface area contributed by atoms with Crippen LogP contribution in [0.3, 0.4) is 0 Å². The number of amides is 1. The maximum Gasteiger partial charge on any atom is 0.287 e. The first-order chi connectivity index (χ1) is 12.9. The second-order valence-corrected chi connectivity index (χ2v) is 6.79. The van der Waals surface area contributed by atoms with E-state index in [1.165, 1.54) is 4.68 Å². The van der Waals surface area contributed by atoms with E-state index in [9.17, 15) is 4.79 Å². The van der Waals surface area contributed by atoms with E-state index in [1.807, 2.05) is 44.2 Å². The van der Waals surface area contributed by atoms with Gasteiger partial charge in [-0.2, -0.15) is 0 Å². The summed E-state index contributed by atoms with van der Waals surface area (Å²) in [6.07, 6.45) is 0. The van der Waals surface area contributed by atoms with Gasteiger partial charge in [0.1, 0.15) is 12.3 Å². The Balaban J connectivity index is 1.61. The van der Waals surface area contributed by atoms with Crippen molar-refractivity contribution in [2.24, 2.45) is 0 Å². The second-order valence-electron chi connectivity index (χ2n) is 6.04. The minimum atomic E-state index is -0.287. The lowest BCUT2D eigenvalue weighted by Crippen LogP contribution is -2.19. The van der Waals surface area contributed by atoms with Gasteiger partial charge in [0.25, 0.3) is 10.7 Å². The summed E-state index contributed by atoms with van der Waals surface area (Å²) in [5, 5.41) is 7.53. The first-order valence-electron chi connectivity index (χ1n) is 8.23. The first-order valence-corrected chi connectivity index (χ1v) is 9.01. The second kappa shape index (κ2) is 8.37. The van der Waals surface area contributed by atoms with Gasteiger partial charge in [0.05, 0.1) is 0 Å². The molecule has 140 valence electrons. The first kappa shape index (κ1) is 19.1. The van der Waals surface area contributed by atoms with Gasteiger partial charge in [-0.3, -0.25) is 4.79 Å².